The van der Waals surface area contributed by atoms with Crippen LogP contribution in [0.4, 0.5) is 5.69 Å². The van der Waals surface area contributed by atoms with Gasteiger partial charge in [0.15, 0.2) is 0 Å². The van der Waals surface area contributed by atoms with Crippen molar-refractivity contribution in [3.8, 4) is 5.75 Å². The third-order valence-electron chi connectivity index (χ3n) is 4.97. The smallest absolute Gasteiger partial charge is 0.272 e. The van der Waals surface area contributed by atoms with Gasteiger partial charge in [-0.15, -0.1) is 0 Å². The summed E-state index contributed by atoms with van der Waals surface area (Å²) in [5, 5.41) is 3.32. The Kier molecular flexibility index (Phi) is 4.27. The van der Waals surface area contributed by atoms with Gasteiger partial charge in [0.25, 0.3) is 5.91 Å². The molecule has 4 rings (SSSR count). The lowest BCUT2D eigenvalue weighted by Gasteiger charge is -2.45. The lowest BCUT2D eigenvalue weighted by Crippen LogP contribution is -2.62. The van der Waals surface area contributed by atoms with Crippen molar-refractivity contribution in [2.75, 3.05) is 25.5 Å². The van der Waals surface area contributed by atoms with Crippen LogP contribution >= 0.6 is 0 Å². The van der Waals surface area contributed by atoms with Crippen LogP contribution < -0.4 is 14.8 Å². The molecule has 8 nitrogen and oxygen atoms in total. The average Bonchev–Trinajstić information content (AvgIpc) is 2.67. The average molecular weight is 388 g/mol. The molecule has 2 aromatic rings. The molecule has 0 saturated carbocycles. The molecule has 1 saturated heterocycles. The number of sulfonamides is 1. The van der Waals surface area contributed by atoms with Crippen LogP contribution in [0.5, 0.6) is 5.75 Å². The Hall–Kier alpha value is -2.65. The monoisotopic (exact) mass is 388 g/mol. The second-order valence-electron chi connectivity index (χ2n) is 6.68. The van der Waals surface area contributed by atoms with Crippen LogP contribution in [-0.2, 0) is 10.0 Å². The molecule has 2 aliphatic heterocycles. The third kappa shape index (κ3) is 3.24. The number of rotatable bonds is 2. The molecule has 1 fully saturated rings. The molecule has 0 radical (unpaired) electrons. The van der Waals surface area contributed by atoms with E-state index in [1.165, 1.54) is 13.2 Å². The number of likely N-dealkylation sites (tertiary alicyclic amines) is 1. The normalized spacial score (nSPS) is 19.8. The topological polar surface area (TPSA) is 101 Å². The minimum absolute atomic E-state index is 0.147. The molecule has 9 heteroatoms. The van der Waals surface area contributed by atoms with Gasteiger partial charge in [0.2, 0.25) is 10.0 Å². The Morgan fingerprint density at radius 2 is 2.00 bits per heavy atom. The Labute approximate surface area is 157 Å². The van der Waals surface area contributed by atoms with Gasteiger partial charge >= 0.3 is 0 Å². The first-order valence-electron chi connectivity index (χ1n) is 8.63. The van der Waals surface area contributed by atoms with Crippen LogP contribution in [0, 0.1) is 0 Å². The van der Waals surface area contributed by atoms with E-state index in [4.69, 9.17) is 4.74 Å². The summed E-state index contributed by atoms with van der Waals surface area (Å²) in [6.45, 7) is 0.842. The molecule has 1 amide bonds. The fourth-order valence-electron chi connectivity index (χ4n) is 3.53. The van der Waals surface area contributed by atoms with Gasteiger partial charge in [0.1, 0.15) is 22.0 Å². The van der Waals surface area contributed by atoms with Crippen molar-refractivity contribution in [2.45, 2.75) is 23.4 Å². The van der Waals surface area contributed by atoms with Crippen molar-refractivity contribution in [3.63, 3.8) is 0 Å². The minimum atomic E-state index is -3.65. The van der Waals surface area contributed by atoms with Gasteiger partial charge in [0.05, 0.1) is 12.8 Å². The van der Waals surface area contributed by atoms with E-state index < -0.39 is 15.7 Å². The fraction of sp³-hybridized carbons (Fsp3) is 0.333. The number of hydrogen-bond acceptors (Lipinski definition) is 6. The molecule has 0 atom stereocenters. The summed E-state index contributed by atoms with van der Waals surface area (Å²) in [4.78, 5) is 18.6. The van der Waals surface area contributed by atoms with Gasteiger partial charge in [-0.3, -0.25) is 9.78 Å². The first kappa shape index (κ1) is 17.7. The van der Waals surface area contributed by atoms with Crippen molar-refractivity contribution >= 4 is 21.6 Å². The zero-order valence-corrected chi connectivity index (χ0v) is 15.6. The molecule has 2 N–H and O–H groups in total. The number of nitrogens with one attached hydrogen (secondary N) is 2. The van der Waals surface area contributed by atoms with Gasteiger partial charge in [-0.1, -0.05) is 6.07 Å². The number of anilines is 1. The zero-order valence-electron chi connectivity index (χ0n) is 14.8. The SMILES string of the molecule is COc1ccc2c(c1)NC1(CCN(C(=O)c3ccccn3)CC1)NS2(=O)=O. The quantitative estimate of drug-likeness (QED) is 0.807. The van der Waals surface area contributed by atoms with Crippen molar-refractivity contribution in [1.29, 1.82) is 0 Å². The molecule has 0 unspecified atom stereocenters. The Bertz CT molecular complexity index is 970. The van der Waals surface area contributed by atoms with Crippen LogP contribution in [0.2, 0.25) is 0 Å². The maximum absolute atomic E-state index is 12.7. The van der Waals surface area contributed by atoms with Crippen molar-refractivity contribution in [2.24, 2.45) is 0 Å². The predicted octanol–water partition coefficient (Wildman–Crippen LogP) is 1.43. The second kappa shape index (κ2) is 6.50. The lowest BCUT2D eigenvalue weighted by molar-refractivity contribution is 0.0670. The third-order valence-corrected chi connectivity index (χ3v) is 6.56. The van der Waals surface area contributed by atoms with Crippen LogP contribution in [0.25, 0.3) is 0 Å². The van der Waals surface area contributed by atoms with E-state index >= 15 is 0 Å². The highest BCUT2D eigenvalue weighted by Crippen LogP contribution is 2.37. The van der Waals surface area contributed by atoms with Crippen molar-refractivity contribution < 1.29 is 17.9 Å². The molecule has 3 heterocycles. The molecule has 27 heavy (non-hydrogen) atoms. The molecule has 0 aliphatic carbocycles. The number of hydrogen-bond donors (Lipinski definition) is 2. The summed E-state index contributed by atoms with van der Waals surface area (Å²) in [5.41, 5.74) is 0.0809. The number of fused-ring (bicyclic) bond motifs is 1. The van der Waals surface area contributed by atoms with E-state index in [0.717, 1.165) is 0 Å². The van der Waals surface area contributed by atoms with E-state index in [1.54, 1.807) is 41.4 Å². The van der Waals surface area contributed by atoms with E-state index in [1.807, 2.05) is 0 Å². The number of nitrogens with zero attached hydrogens (tertiary/aromatic N) is 2. The largest absolute Gasteiger partial charge is 0.497 e. The number of ether oxygens (including phenoxy) is 1. The van der Waals surface area contributed by atoms with Crippen LogP contribution in [0.3, 0.4) is 0 Å². The standard InChI is InChI=1S/C18H20N4O4S/c1-26-13-5-6-16-15(12-13)20-18(21-27(16,24)25)7-10-22(11-8-18)17(23)14-4-2-3-9-19-14/h2-6,9,12,20-21H,7-8,10-11H2,1H3. The summed E-state index contributed by atoms with van der Waals surface area (Å²) < 4.78 is 33.4. The van der Waals surface area contributed by atoms with E-state index in [2.05, 4.69) is 15.0 Å². The highest BCUT2D eigenvalue weighted by atomic mass is 32.2. The van der Waals surface area contributed by atoms with E-state index in [-0.39, 0.29) is 10.8 Å². The molecular weight excluding hydrogens is 368 g/mol. The molecule has 2 aliphatic rings. The zero-order chi connectivity index (χ0) is 19.1. The number of carbonyl (C=O) groups is 1. The molecule has 0 bridgehead atoms. The predicted molar refractivity (Wildman–Crippen MR) is 99.0 cm³/mol. The molecular formula is C18H20N4O4S. The number of amides is 1. The number of piperidine rings is 1. The van der Waals surface area contributed by atoms with Crippen molar-refractivity contribution in [3.05, 3.63) is 48.3 Å². The second-order valence-corrected chi connectivity index (χ2v) is 8.33. The highest BCUT2D eigenvalue weighted by molar-refractivity contribution is 7.89. The van der Waals surface area contributed by atoms with Crippen molar-refractivity contribution in [1.82, 2.24) is 14.6 Å². The van der Waals surface area contributed by atoms with Crippen LogP contribution in [0.1, 0.15) is 23.3 Å². The maximum atomic E-state index is 12.7. The number of aromatic nitrogens is 1. The fourth-order valence-corrected chi connectivity index (χ4v) is 5.06. The van der Waals surface area contributed by atoms with Gasteiger partial charge in [-0.2, -0.15) is 4.72 Å². The van der Waals surface area contributed by atoms with E-state index in [9.17, 15) is 13.2 Å². The maximum Gasteiger partial charge on any atom is 0.272 e. The Balaban J connectivity index is 1.55. The Morgan fingerprint density at radius 1 is 1.22 bits per heavy atom. The van der Waals surface area contributed by atoms with Gasteiger partial charge in [-0.05, 0) is 24.3 Å². The number of methoxy groups -OCH3 is 1. The van der Waals surface area contributed by atoms with Gasteiger partial charge in [-0.25, -0.2) is 8.42 Å². The first-order chi connectivity index (χ1) is 12.9. The summed E-state index contributed by atoms with van der Waals surface area (Å²) in [7, 11) is -2.11. The number of carbonyl (C=O) groups excluding carboxylic acids is 1. The lowest BCUT2D eigenvalue weighted by atomic mass is 9.96. The molecule has 1 aromatic carbocycles. The summed E-state index contributed by atoms with van der Waals surface area (Å²) in [6.07, 6.45) is 2.47. The Morgan fingerprint density at radius 3 is 2.67 bits per heavy atom. The highest BCUT2D eigenvalue weighted by Gasteiger charge is 2.44. The summed E-state index contributed by atoms with van der Waals surface area (Å²) in [5.74, 6) is 0.433. The first-order valence-corrected chi connectivity index (χ1v) is 10.1. The molecule has 142 valence electrons. The van der Waals surface area contributed by atoms with Crippen LogP contribution in [0.15, 0.2) is 47.5 Å². The molecule has 1 aromatic heterocycles. The van der Waals surface area contributed by atoms with Gasteiger partial charge in [0, 0.05) is 38.2 Å². The number of pyridine rings is 1. The van der Waals surface area contributed by atoms with Gasteiger partial charge < -0.3 is 15.0 Å². The number of benzene rings is 1. The summed E-state index contributed by atoms with van der Waals surface area (Å²) >= 11 is 0. The minimum Gasteiger partial charge on any atom is -0.497 e. The van der Waals surface area contributed by atoms with Crippen LogP contribution in [-0.4, -0.2) is 50.1 Å². The summed E-state index contributed by atoms with van der Waals surface area (Å²) in [6, 6.07) is 10.0. The molecule has 1 spiro atoms. The van der Waals surface area contributed by atoms with E-state index in [0.29, 0.717) is 43.1 Å².